The Labute approximate surface area is 120 Å². The first-order valence-corrected chi connectivity index (χ1v) is 6.46. The van der Waals surface area contributed by atoms with Crippen molar-refractivity contribution in [1.29, 1.82) is 0 Å². The first-order chi connectivity index (χ1) is 9.83. The van der Waals surface area contributed by atoms with Crippen LogP contribution in [0.25, 0.3) is 0 Å². The van der Waals surface area contributed by atoms with E-state index >= 15 is 0 Å². The molecule has 0 saturated carbocycles. The van der Waals surface area contributed by atoms with Gasteiger partial charge in [-0.2, -0.15) is 13.2 Å². The van der Waals surface area contributed by atoms with Gasteiger partial charge < -0.3 is 15.4 Å². The zero-order valence-electron chi connectivity index (χ0n) is 11.9. The van der Waals surface area contributed by atoms with Crippen molar-refractivity contribution in [1.82, 2.24) is 10.3 Å². The quantitative estimate of drug-likeness (QED) is 0.758. The van der Waals surface area contributed by atoms with Crippen LogP contribution >= 0.6 is 0 Å². The van der Waals surface area contributed by atoms with Crippen LogP contribution in [0.5, 0.6) is 0 Å². The normalized spacial score (nSPS) is 11.3. The van der Waals surface area contributed by atoms with E-state index in [-0.39, 0.29) is 13.2 Å². The van der Waals surface area contributed by atoms with Crippen molar-refractivity contribution in [2.45, 2.75) is 20.0 Å². The number of aryl methyl sites for hydroxylation is 1. The average Bonchev–Trinajstić information content (AvgIpc) is 2.37. The van der Waals surface area contributed by atoms with Crippen LogP contribution < -0.4 is 10.6 Å². The lowest BCUT2D eigenvalue weighted by atomic mass is 10.2. The molecule has 0 aliphatic carbocycles. The van der Waals surface area contributed by atoms with Gasteiger partial charge in [-0.3, -0.25) is 9.78 Å². The standard InChI is InChI=1S/C13H18F3N3O2/c1-3-17-11-6-9(2)19-7-10(11)12(20)18-4-5-21-8-13(14,15)16/h6-7H,3-5,8H2,1-2H3,(H,17,19)(H,18,20). The van der Waals surface area contributed by atoms with Crippen LogP contribution in [-0.2, 0) is 4.74 Å². The SMILES string of the molecule is CCNc1cc(C)ncc1C(=O)NCCOCC(F)(F)F. The fourth-order valence-electron chi connectivity index (χ4n) is 1.60. The predicted molar refractivity (Wildman–Crippen MR) is 72.3 cm³/mol. The van der Waals surface area contributed by atoms with Gasteiger partial charge in [0.15, 0.2) is 0 Å². The highest BCUT2D eigenvalue weighted by Gasteiger charge is 2.27. The van der Waals surface area contributed by atoms with E-state index in [1.54, 1.807) is 13.0 Å². The Bertz CT molecular complexity index is 478. The van der Waals surface area contributed by atoms with E-state index in [2.05, 4.69) is 20.4 Å². The Morgan fingerprint density at radius 1 is 1.43 bits per heavy atom. The highest BCUT2D eigenvalue weighted by molar-refractivity contribution is 5.99. The molecule has 0 aliphatic heterocycles. The number of hydrogen-bond acceptors (Lipinski definition) is 4. The molecule has 1 amide bonds. The monoisotopic (exact) mass is 305 g/mol. The number of anilines is 1. The van der Waals surface area contributed by atoms with Gasteiger partial charge in [-0.25, -0.2) is 0 Å². The van der Waals surface area contributed by atoms with E-state index in [0.717, 1.165) is 5.69 Å². The summed E-state index contributed by atoms with van der Waals surface area (Å²) in [5, 5.41) is 5.53. The van der Waals surface area contributed by atoms with Gasteiger partial charge in [-0.15, -0.1) is 0 Å². The van der Waals surface area contributed by atoms with Crippen molar-refractivity contribution >= 4 is 11.6 Å². The molecule has 1 aromatic heterocycles. The average molecular weight is 305 g/mol. The molecule has 21 heavy (non-hydrogen) atoms. The fraction of sp³-hybridized carbons (Fsp3) is 0.538. The predicted octanol–water partition coefficient (Wildman–Crippen LogP) is 2.13. The van der Waals surface area contributed by atoms with Gasteiger partial charge >= 0.3 is 6.18 Å². The third-order valence-corrected chi connectivity index (χ3v) is 2.45. The summed E-state index contributed by atoms with van der Waals surface area (Å²) in [5.41, 5.74) is 1.74. The van der Waals surface area contributed by atoms with Gasteiger partial charge in [0.25, 0.3) is 5.91 Å². The summed E-state index contributed by atoms with van der Waals surface area (Å²) in [6.07, 6.45) is -2.93. The molecule has 0 unspecified atom stereocenters. The summed E-state index contributed by atoms with van der Waals surface area (Å²) in [6.45, 7) is 2.79. The lowest BCUT2D eigenvalue weighted by Gasteiger charge is -2.12. The Balaban J connectivity index is 2.48. The number of amides is 1. The number of hydrogen-bond donors (Lipinski definition) is 2. The lowest BCUT2D eigenvalue weighted by Crippen LogP contribution is -2.29. The van der Waals surface area contributed by atoms with Crippen LogP contribution in [0, 0.1) is 6.92 Å². The second-order valence-corrected chi connectivity index (χ2v) is 4.33. The fourth-order valence-corrected chi connectivity index (χ4v) is 1.60. The minimum absolute atomic E-state index is 0.00560. The molecule has 0 aromatic carbocycles. The number of alkyl halides is 3. The molecule has 2 N–H and O–H groups in total. The molecule has 0 fully saturated rings. The molecule has 0 aliphatic rings. The third kappa shape index (κ3) is 6.44. The minimum atomic E-state index is -4.36. The molecule has 1 rings (SSSR count). The van der Waals surface area contributed by atoms with Crippen molar-refractivity contribution in [3.05, 3.63) is 23.5 Å². The number of nitrogens with one attached hydrogen (secondary N) is 2. The zero-order chi connectivity index (χ0) is 15.9. The number of aromatic nitrogens is 1. The molecule has 0 saturated heterocycles. The van der Waals surface area contributed by atoms with Gasteiger partial charge in [-0.05, 0) is 19.9 Å². The molecule has 118 valence electrons. The summed E-state index contributed by atoms with van der Waals surface area (Å²) in [6, 6.07) is 1.73. The summed E-state index contributed by atoms with van der Waals surface area (Å²) < 4.78 is 40.0. The highest BCUT2D eigenvalue weighted by Crippen LogP contribution is 2.15. The van der Waals surface area contributed by atoms with Gasteiger partial charge in [-0.1, -0.05) is 0 Å². The van der Waals surface area contributed by atoms with Crippen molar-refractivity contribution in [2.75, 3.05) is 31.6 Å². The first-order valence-electron chi connectivity index (χ1n) is 6.46. The van der Waals surface area contributed by atoms with Gasteiger partial charge in [0, 0.05) is 25.0 Å². The Morgan fingerprint density at radius 2 is 2.14 bits per heavy atom. The van der Waals surface area contributed by atoms with Crippen LogP contribution in [0.3, 0.4) is 0 Å². The maximum atomic E-state index is 11.9. The molecule has 0 atom stereocenters. The molecular weight excluding hydrogens is 287 g/mol. The molecule has 0 bridgehead atoms. The van der Waals surface area contributed by atoms with Crippen LogP contribution in [-0.4, -0.2) is 43.4 Å². The molecule has 1 heterocycles. The van der Waals surface area contributed by atoms with Gasteiger partial charge in [0.05, 0.1) is 17.9 Å². The van der Waals surface area contributed by atoms with Crippen LogP contribution in [0.2, 0.25) is 0 Å². The third-order valence-electron chi connectivity index (χ3n) is 2.45. The van der Waals surface area contributed by atoms with Crippen LogP contribution in [0.15, 0.2) is 12.3 Å². The largest absolute Gasteiger partial charge is 0.411 e. The van der Waals surface area contributed by atoms with E-state index in [4.69, 9.17) is 0 Å². The molecular formula is C13H18F3N3O2. The molecule has 5 nitrogen and oxygen atoms in total. The van der Waals surface area contributed by atoms with Crippen molar-refractivity contribution in [3.8, 4) is 0 Å². The Hall–Kier alpha value is -1.83. The van der Waals surface area contributed by atoms with E-state index in [1.165, 1.54) is 6.20 Å². The van der Waals surface area contributed by atoms with Gasteiger partial charge in [0.2, 0.25) is 0 Å². The number of nitrogens with zero attached hydrogens (tertiary/aromatic N) is 1. The smallest absolute Gasteiger partial charge is 0.385 e. The minimum Gasteiger partial charge on any atom is -0.385 e. The number of rotatable bonds is 7. The summed E-state index contributed by atoms with van der Waals surface area (Å²) >= 11 is 0. The number of carbonyl (C=O) groups is 1. The number of ether oxygens (including phenoxy) is 1. The summed E-state index contributed by atoms with van der Waals surface area (Å²) in [4.78, 5) is 16.0. The van der Waals surface area contributed by atoms with E-state index in [0.29, 0.717) is 17.8 Å². The first kappa shape index (κ1) is 17.2. The number of carbonyl (C=O) groups excluding carboxylic acids is 1. The molecule has 8 heteroatoms. The van der Waals surface area contributed by atoms with E-state index < -0.39 is 18.7 Å². The maximum Gasteiger partial charge on any atom is 0.411 e. The van der Waals surface area contributed by atoms with Crippen molar-refractivity contribution in [3.63, 3.8) is 0 Å². The van der Waals surface area contributed by atoms with Crippen LogP contribution in [0.1, 0.15) is 23.0 Å². The molecule has 1 aromatic rings. The number of pyridine rings is 1. The maximum absolute atomic E-state index is 11.9. The van der Waals surface area contributed by atoms with Crippen molar-refractivity contribution in [2.24, 2.45) is 0 Å². The van der Waals surface area contributed by atoms with Gasteiger partial charge in [0.1, 0.15) is 6.61 Å². The molecule has 0 radical (unpaired) electrons. The lowest BCUT2D eigenvalue weighted by molar-refractivity contribution is -0.173. The second kappa shape index (κ2) is 7.82. The summed E-state index contributed by atoms with van der Waals surface area (Å²) in [7, 11) is 0. The summed E-state index contributed by atoms with van der Waals surface area (Å²) in [5.74, 6) is -0.408. The second-order valence-electron chi connectivity index (χ2n) is 4.33. The highest BCUT2D eigenvalue weighted by atomic mass is 19.4. The molecule has 0 spiro atoms. The number of halogens is 3. The van der Waals surface area contributed by atoms with E-state index in [9.17, 15) is 18.0 Å². The topological polar surface area (TPSA) is 63.2 Å². The Morgan fingerprint density at radius 3 is 2.76 bits per heavy atom. The Kier molecular flexibility index (Phi) is 6.41. The van der Waals surface area contributed by atoms with Crippen LogP contribution in [0.4, 0.5) is 18.9 Å². The van der Waals surface area contributed by atoms with Crippen molar-refractivity contribution < 1.29 is 22.7 Å². The zero-order valence-corrected chi connectivity index (χ0v) is 11.9. The van der Waals surface area contributed by atoms with E-state index in [1.807, 2.05) is 6.92 Å².